The Hall–Kier alpha value is 1.56. The van der Waals surface area contributed by atoms with Gasteiger partial charge in [-0.2, -0.15) is 8.42 Å². The van der Waals surface area contributed by atoms with Gasteiger partial charge in [0.2, 0.25) is 0 Å². The fourth-order valence-electron chi connectivity index (χ4n) is 0. The van der Waals surface area contributed by atoms with Crippen molar-refractivity contribution in [2.45, 2.75) is 0 Å². The van der Waals surface area contributed by atoms with Crippen molar-refractivity contribution in [3.63, 3.8) is 0 Å². The quantitative estimate of drug-likeness (QED) is 0.183. The molecule has 0 unspecified atom stereocenters. The van der Waals surface area contributed by atoms with Gasteiger partial charge in [-0.3, -0.25) is 9.11 Å². The Bertz CT molecular complexity index is 149. The Balaban J connectivity index is -0.000000107. The predicted molar refractivity (Wildman–Crippen MR) is 36.0 cm³/mol. The molecule has 0 bridgehead atoms. The first-order valence-corrected chi connectivity index (χ1v) is 4.78. The van der Waals surface area contributed by atoms with Gasteiger partial charge in [-0.25, -0.2) is 0 Å². The van der Waals surface area contributed by atoms with Crippen molar-refractivity contribution in [2.24, 2.45) is 0 Å². The fraction of sp³-hybridized carbons (Fsp3) is 0. The molecule has 0 heterocycles. The van der Waals surface area contributed by atoms with Crippen molar-refractivity contribution in [3.8, 4) is 0 Å². The minimum absolute atomic E-state index is 0. The topological polar surface area (TPSA) is 156 Å². The molecule has 0 saturated carbocycles. The molecular weight excluding hydrogens is 227 g/mol. The van der Waals surface area contributed by atoms with Crippen molar-refractivity contribution in [2.75, 3.05) is 0 Å². The van der Waals surface area contributed by atoms with Gasteiger partial charge in [-0.15, -0.1) is 0 Å². The normalized spacial score (nSPS) is 10.7. The summed E-state index contributed by atoms with van der Waals surface area (Å²) in [7, 11) is -9.28. The molecule has 0 aromatic rings. The Morgan fingerprint density at radius 3 is 0.909 bits per heavy atom. The Morgan fingerprint density at radius 1 is 0.909 bits per heavy atom. The molecule has 0 fully saturated rings. The molecule has 0 aromatic carbocycles. The second-order valence-electron chi connectivity index (χ2n) is 1.05. The van der Waals surface area contributed by atoms with Crippen molar-refractivity contribution in [1.29, 1.82) is 0 Å². The summed E-state index contributed by atoms with van der Waals surface area (Å²) in [4.78, 5) is 29.3. The first kappa shape index (κ1) is 18.4. The van der Waals surface area contributed by atoms with Crippen molar-refractivity contribution < 1.29 is 36.7 Å². The van der Waals surface area contributed by atoms with E-state index in [1.54, 1.807) is 0 Å². The molecule has 0 saturated heterocycles. The van der Waals surface area contributed by atoms with E-state index in [-0.39, 0.29) is 51.4 Å². The maximum absolute atomic E-state index is 8.74. The first-order chi connectivity index (χ1) is 4.00. The van der Waals surface area contributed by atoms with Crippen LogP contribution in [-0.4, -0.2) is 97.1 Å². The molecule has 6 N–H and O–H groups in total. The summed E-state index contributed by atoms with van der Waals surface area (Å²) >= 11 is 0. The molecule has 0 rings (SSSR count). The van der Waals surface area contributed by atoms with E-state index in [2.05, 4.69) is 0 Å². The van der Waals surface area contributed by atoms with Gasteiger partial charge in [0.15, 0.2) is 0 Å². The Morgan fingerprint density at radius 2 is 0.909 bits per heavy atom. The van der Waals surface area contributed by atoms with Crippen LogP contribution in [0.25, 0.3) is 0 Å². The first-order valence-electron chi connectivity index (χ1n) is 1.59. The molecule has 8 nitrogen and oxygen atoms in total. The van der Waals surface area contributed by atoms with Crippen molar-refractivity contribution in [1.82, 2.24) is 0 Å². The molecule has 0 aromatic heterocycles. The van der Waals surface area contributed by atoms with Crippen molar-refractivity contribution in [3.05, 3.63) is 0 Å². The van der Waals surface area contributed by atoms with Crippen LogP contribution in [-0.2, 0) is 10.4 Å². The standard InChI is InChI=1S/K.H2O4S.H4O4Si.H/c;2*1-5(2,3)4;/h;(H2,1,2,3,4);1-4H;. The van der Waals surface area contributed by atoms with Crippen LogP contribution in [0.4, 0.5) is 0 Å². The summed E-state index contributed by atoms with van der Waals surface area (Å²) in [5, 5.41) is 0. The van der Waals surface area contributed by atoms with E-state index in [9.17, 15) is 0 Å². The third-order valence-electron chi connectivity index (χ3n) is 0. The van der Waals surface area contributed by atoms with E-state index < -0.39 is 19.4 Å². The average molecular weight is 234 g/mol. The Labute approximate surface area is 106 Å². The summed E-state index contributed by atoms with van der Waals surface area (Å²) < 4.78 is 31.6. The monoisotopic (exact) mass is 234 g/mol. The van der Waals surface area contributed by atoms with E-state index in [1.807, 2.05) is 0 Å². The molecule has 0 radical (unpaired) electrons. The SMILES string of the molecule is O=S(=O)(O)O.O[Si](O)(O)O.[KH]. The van der Waals surface area contributed by atoms with E-state index in [0.717, 1.165) is 0 Å². The van der Waals surface area contributed by atoms with Gasteiger partial charge >= 0.3 is 70.8 Å². The number of hydrogen-bond donors (Lipinski definition) is 6. The van der Waals surface area contributed by atoms with Gasteiger partial charge in [-0.1, -0.05) is 0 Å². The molecule has 0 aliphatic rings. The van der Waals surface area contributed by atoms with Crippen LogP contribution < -0.4 is 0 Å². The zero-order valence-corrected chi connectivity index (χ0v) is 6.22. The van der Waals surface area contributed by atoms with E-state index in [4.69, 9.17) is 36.7 Å². The third kappa shape index (κ3) is 433. The summed E-state index contributed by atoms with van der Waals surface area (Å²) in [6, 6.07) is 0. The molecule has 0 aliphatic carbocycles. The molecule has 0 atom stereocenters. The molecule has 0 aliphatic heterocycles. The van der Waals surface area contributed by atoms with Gasteiger partial charge < -0.3 is 19.2 Å². The zero-order chi connectivity index (χ0) is 9.00. The number of hydrogen-bond acceptors (Lipinski definition) is 6. The maximum atomic E-state index is 8.74. The summed E-state index contributed by atoms with van der Waals surface area (Å²) in [5.41, 5.74) is 0. The number of rotatable bonds is 0. The minimum atomic E-state index is -4.67. The molecule has 0 amide bonds. The van der Waals surface area contributed by atoms with Crippen LogP contribution in [0.15, 0.2) is 0 Å². The third-order valence-corrected chi connectivity index (χ3v) is 0. The van der Waals surface area contributed by atoms with Crippen LogP contribution in [0.3, 0.4) is 0 Å². The van der Waals surface area contributed by atoms with Crippen molar-refractivity contribution >= 4 is 70.8 Å². The van der Waals surface area contributed by atoms with Crippen LogP contribution in [0.2, 0.25) is 0 Å². The van der Waals surface area contributed by atoms with Crippen LogP contribution in [0.5, 0.6) is 0 Å². The van der Waals surface area contributed by atoms with Crippen LogP contribution >= 0.6 is 0 Å². The molecule has 66 valence electrons. The molecule has 11 heteroatoms. The molecular formula is H7KO8SSi. The molecule has 11 heavy (non-hydrogen) atoms. The van der Waals surface area contributed by atoms with E-state index >= 15 is 0 Å². The zero-order valence-electron chi connectivity index (χ0n) is 4.41. The van der Waals surface area contributed by atoms with Gasteiger partial charge in [0.05, 0.1) is 0 Å². The van der Waals surface area contributed by atoms with Gasteiger partial charge in [-0.05, 0) is 0 Å². The van der Waals surface area contributed by atoms with Gasteiger partial charge in [0, 0.05) is 0 Å². The van der Waals surface area contributed by atoms with Crippen LogP contribution in [0.1, 0.15) is 0 Å². The summed E-state index contributed by atoms with van der Waals surface area (Å²) in [5.74, 6) is 0. The Kier molecular flexibility index (Phi) is 11.7. The fourth-order valence-corrected chi connectivity index (χ4v) is 0. The van der Waals surface area contributed by atoms with E-state index in [0.29, 0.717) is 0 Å². The second kappa shape index (κ2) is 7.01. The summed E-state index contributed by atoms with van der Waals surface area (Å²) in [6.45, 7) is 0. The van der Waals surface area contributed by atoms with Gasteiger partial charge in [0.25, 0.3) is 0 Å². The molecule has 0 spiro atoms. The van der Waals surface area contributed by atoms with E-state index in [1.165, 1.54) is 0 Å². The summed E-state index contributed by atoms with van der Waals surface area (Å²) in [6.07, 6.45) is 0. The predicted octanol–water partition coefficient (Wildman–Crippen LogP) is -3.91. The average Bonchev–Trinajstić information content (AvgIpc) is 1.12. The van der Waals surface area contributed by atoms with Crippen LogP contribution in [0, 0.1) is 0 Å². The van der Waals surface area contributed by atoms with Gasteiger partial charge in [0.1, 0.15) is 0 Å². The second-order valence-corrected chi connectivity index (χ2v) is 3.14.